The lowest BCUT2D eigenvalue weighted by molar-refractivity contribution is 0.474. The van der Waals surface area contributed by atoms with Crippen LogP contribution in [0.5, 0.6) is 0 Å². The second-order valence-corrected chi connectivity index (χ2v) is 4.27. The van der Waals surface area contributed by atoms with E-state index in [9.17, 15) is 0 Å². The van der Waals surface area contributed by atoms with Crippen LogP contribution in [0.1, 0.15) is 33.6 Å². The molecule has 6 heteroatoms. The maximum absolute atomic E-state index is 5.68. The van der Waals surface area contributed by atoms with Crippen LogP contribution in [0.2, 0.25) is 10.6 Å². The van der Waals surface area contributed by atoms with E-state index in [2.05, 4.69) is 41.0 Å². The van der Waals surface area contributed by atoms with Gasteiger partial charge in [-0.2, -0.15) is 15.0 Å². The van der Waals surface area contributed by atoms with Crippen LogP contribution in [0.3, 0.4) is 0 Å². The van der Waals surface area contributed by atoms with E-state index in [4.69, 9.17) is 23.2 Å². The number of halogens is 2. The molecule has 0 bridgehead atoms. The number of nitrogens with zero attached hydrogens (tertiary/aromatic N) is 3. The van der Waals surface area contributed by atoms with Gasteiger partial charge in [-0.1, -0.05) is 13.8 Å². The van der Waals surface area contributed by atoms with Crippen LogP contribution < -0.4 is 5.32 Å². The summed E-state index contributed by atoms with van der Waals surface area (Å²) in [6.45, 7) is 6.29. The molecule has 1 N–H and O–H groups in total. The van der Waals surface area contributed by atoms with Crippen molar-refractivity contribution in [2.75, 3.05) is 5.32 Å². The molecule has 1 heterocycles. The average Bonchev–Trinajstić information content (AvgIpc) is 2.16. The maximum atomic E-state index is 5.68. The minimum Gasteiger partial charge on any atom is -0.349 e. The zero-order valence-electron chi connectivity index (χ0n) is 9.01. The van der Waals surface area contributed by atoms with E-state index in [-0.39, 0.29) is 16.1 Å². The summed E-state index contributed by atoms with van der Waals surface area (Å²) in [6, 6.07) is 0. The zero-order valence-corrected chi connectivity index (χ0v) is 10.5. The highest BCUT2D eigenvalue weighted by atomic mass is 35.5. The van der Waals surface area contributed by atoms with Crippen molar-refractivity contribution in [1.82, 2.24) is 15.0 Å². The molecule has 4 nitrogen and oxygen atoms in total. The van der Waals surface area contributed by atoms with Gasteiger partial charge in [-0.05, 0) is 43.0 Å². The lowest BCUT2D eigenvalue weighted by Crippen LogP contribution is -2.33. The topological polar surface area (TPSA) is 50.7 Å². The second kappa shape index (κ2) is 4.94. The average molecular weight is 249 g/mol. The minimum absolute atomic E-state index is 0.0476. The van der Waals surface area contributed by atoms with E-state index in [0.717, 1.165) is 12.8 Å². The highest BCUT2D eigenvalue weighted by molar-refractivity contribution is 6.31. The highest BCUT2D eigenvalue weighted by Gasteiger charge is 2.20. The molecule has 0 atom stereocenters. The lowest BCUT2D eigenvalue weighted by Gasteiger charge is -2.28. The molecule has 0 fully saturated rings. The number of anilines is 1. The molecule has 84 valence electrons. The van der Waals surface area contributed by atoms with Gasteiger partial charge in [0, 0.05) is 5.54 Å². The molecule has 15 heavy (non-hydrogen) atoms. The van der Waals surface area contributed by atoms with Gasteiger partial charge in [-0.15, -0.1) is 0 Å². The third kappa shape index (κ3) is 3.47. The molecule has 0 aromatic carbocycles. The number of hydrogen-bond donors (Lipinski definition) is 1. The van der Waals surface area contributed by atoms with Crippen molar-refractivity contribution < 1.29 is 0 Å². The largest absolute Gasteiger partial charge is 0.349 e. The number of nitrogens with one attached hydrogen (secondary N) is 1. The molecule has 1 aromatic rings. The van der Waals surface area contributed by atoms with Crippen LogP contribution in [0.4, 0.5) is 5.95 Å². The van der Waals surface area contributed by atoms with E-state index in [1.807, 2.05) is 0 Å². The summed E-state index contributed by atoms with van der Waals surface area (Å²) >= 11 is 11.4. The van der Waals surface area contributed by atoms with Gasteiger partial charge in [0.05, 0.1) is 0 Å². The first-order valence-electron chi connectivity index (χ1n) is 4.84. The fourth-order valence-electron chi connectivity index (χ4n) is 1.08. The Morgan fingerprint density at radius 1 is 1.07 bits per heavy atom. The summed E-state index contributed by atoms with van der Waals surface area (Å²) in [4.78, 5) is 11.6. The first-order valence-corrected chi connectivity index (χ1v) is 5.60. The summed E-state index contributed by atoms with van der Waals surface area (Å²) in [7, 11) is 0. The van der Waals surface area contributed by atoms with Gasteiger partial charge >= 0.3 is 0 Å². The predicted molar refractivity (Wildman–Crippen MR) is 62.5 cm³/mol. The van der Waals surface area contributed by atoms with Crippen LogP contribution in [-0.4, -0.2) is 20.5 Å². The molecule has 0 aliphatic heterocycles. The van der Waals surface area contributed by atoms with Crippen molar-refractivity contribution in [2.45, 2.75) is 39.2 Å². The molecule has 0 unspecified atom stereocenters. The Morgan fingerprint density at radius 3 is 1.93 bits per heavy atom. The van der Waals surface area contributed by atoms with Gasteiger partial charge in [0.2, 0.25) is 16.5 Å². The molecule has 1 rings (SSSR count). The van der Waals surface area contributed by atoms with Gasteiger partial charge < -0.3 is 5.32 Å². The van der Waals surface area contributed by atoms with Gasteiger partial charge in [-0.25, -0.2) is 0 Å². The Hall–Kier alpha value is -0.610. The summed E-state index contributed by atoms with van der Waals surface area (Å²) in [5.74, 6) is 0.422. The molecular weight excluding hydrogens is 235 g/mol. The minimum atomic E-state index is -0.0476. The first-order chi connectivity index (χ1) is 6.99. The second-order valence-electron chi connectivity index (χ2n) is 3.59. The lowest BCUT2D eigenvalue weighted by atomic mass is 9.96. The van der Waals surface area contributed by atoms with Crippen molar-refractivity contribution >= 4 is 29.2 Å². The van der Waals surface area contributed by atoms with Crippen LogP contribution in [-0.2, 0) is 0 Å². The molecule has 0 saturated heterocycles. The maximum Gasteiger partial charge on any atom is 0.228 e. The molecule has 1 aromatic heterocycles. The molecule has 0 aliphatic carbocycles. The Labute approximate surface area is 99.4 Å². The number of rotatable bonds is 4. The fourth-order valence-corrected chi connectivity index (χ4v) is 1.44. The fraction of sp³-hybridized carbons (Fsp3) is 0.667. The predicted octanol–water partition coefficient (Wildman–Crippen LogP) is 3.17. The Bertz CT molecular complexity index is 319. The molecule has 0 spiro atoms. The van der Waals surface area contributed by atoms with Crippen molar-refractivity contribution in [2.24, 2.45) is 0 Å². The van der Waals surface area contributed by atoms with Crippen LogP contribution in [0.25, 0.3) is 0 Å². The number of hydrogen-bond acceptors (Lipinski definition) is 4. The molecular formula is C9H14Cl2N4. The quantitative estimate of drug-likeness (QED) is 0.890. The highest BCUT2D eigenvalue weighted by Crippen LogP contribution is 2.20. The number of aromatic nitrogens is 3. The Kier molecular flexibility index (Phi) is 4.11. The van der Waals surface area contributed by atoms with Crippen molar-refractivity contribution in [3.63, 3.8) is 0 Å². The Morgan fingerprint density at radius 2 is 1.53 bits per heavy atom. The standard InChI is InChI=1S/C9H14Cl2N4/c1-4-9(3,5-2)15-8-13-6(10)12-7(11)14-8/h4-5H2,1-3H3,(H,12,13,14,15). The van der Waals surface area contributed by atoms with E-state index >= 15 is 0 Å². The monoisotopic (exact) mass is 248 g/mol. The molecule has 0 radical (unpaired) electrons. The first kappa shape index (κ1) is 12.5. The normalized spacial score (nSPS) is 11.5. The van der Waals surface area contributed by atoms with E-state index < -0.39 is 0 Å². The van der Waals surface area contributed by atoms with Gasteiger partial charge in [-0.3, -0.25) is 0 Å². The molecule has 0 aliphatic rings. The zero-order chi connectivity index (χ0) is 11.5. The van der Waals surface area contributed by atoms with Crippen LogP contribution in [0, 0.1) is 0 Å². The summed E-state index contributed by atoms with van der Waals surface area (Å²) in [5.41, 5.74) is -0.0476. The summed E-state index contributed by atoms with van der Waals surface area (Å²) in [6.07, 6.45) is 1.93. The van der Waals surface area contributed by atoms with Gasteiger partial charge in [0.15, 0.2) is 0 Å². The molecule has 0 saturated carbocycles. The molecule has 0 amide bonds. The van der Waals surface area contributed by atoms with Crippen LogP contribution in [0.15, 0.2) is 0 Å². The van der Waals surface area contributed by atoms with E-state index in [1.165, 1.54) is 0 Å². The van der Waals surface area contributed by atoms with Crippen molar-refractivity contribution in [3.8, 4) is 0 Å². The van der Waals surface area contributed by atoms with Crippen molar-refractivity contribution in [3.05, 3.63) is 10.6 Å². The smallest absolute Gasteiger partial charge is 0.228 e. The van der Waals surface area contributed by atoms with E-state index in [0.29, 0.717) is 5.95 Å². The van der Waals surface area contributed by atoms with Gasteiger partial charge in [0.1, 0.15) is 0 Å². The summed E-state index contributed by atoms with van der Waals surface area (Å²) < 4.78 is 0. The van der Waals surface area contributed by atoms with Crippen LogP contribution >= 0.6 is 23.2 Å². The van der Waals surface area contributed by atoms with E-state index in [1.54, 1.807) is 0 Å². The third-order valence-electron chi connectivity index (χ3n) is 2.56. The summed E-state index contributed by atoms with van der Waals surface area (Å²) in [5, 5.41) is 3.41. The van der Waals surface area contributed by atoms with Gasteiger partial charge in [0.25, 0.3) is 0 Å². The van der Waals surface area contributed by atoms with Crippen molar-refractivity contribution in [1.29, 1.82) is 0 Å². The SMILES string of the molecule is CCC(C)(CC)Nc1nc(Cl)nc(Cl)n1. The third-order valence-corrected chi connectivity index (χ3v) is 2.89. The Balaban J connectivity index is 2.88.